The van der Waals surface area contributed by atoms with Crippen LogP contribution in [0.2, 0.25) is 0 Å². The van der Waals surface area contributed by atoms with Crippen LogP contribution in [0.25, 0.3) is 0 Å². The molecule has 1 saturated heterocycles. The molecular weight excluding hydrogens is 317 g/mol. The molecule has 1 aromatic rings. The molecule has 134 valence electrons. The molecule has 24 heavy (non-hydrogen) atoms. The monoisotopic (exact) mass is 342 g/mol. The van der Waals surface area contributed by atoms with Gasteiger partial charge < -0.3 is 4.74 Å². The summed E-state index contributed by atoms with van der Waals surface area (Å²) < 4.78 is 44.3. The second-order valence-corrected chi connectivity index (χ2v) is 6.97. The highest BCUT2D eigenvalue weighted by atomic mass is 19.4. The van der Waals surface area contributed by atoms with Crippen LogP contribution in [0.15, 0.2) is 24.3 Å². The lowest BCUT2D eigenvalue weighted by molar-refractivity contribution is -0.139. The third kappa shape index (κ3) is 4.63. The van der Waals surface area contributed by atoms with Crippen molar-refractivity contribution in [1.82, 2.24) is 9.80 Å². The first-order chi connectivity index (χ1) is 11.4. The highest BCUT2D eigenvalue weighted by molar-refractivity contribution is 5.35. The average Bonchev–Trinajstić information content (AvgIpc) is 3.34. The van der Waals surface area contributed by atoms with Crippen LogP contribution >= 0.6 is 0 Å². The molecule has 0 spiro atoms. The molecule has 1 saturated carbocycles. The number of halogens is 3. The fourth-order valence-corrected chi connectivity index (χ4v) is 3.44. The Labute approximate surface area is 141 Å². The molecule has 6 heteroatoms. The maximum absolute atomic E-state index is 13.0. The van der Waals surface area contributed by atoms with Gasteiger partial charge in [-0.05, 0) is 30.9 Å². The van der Waals surface area contributed by atoms with Gasteiger partial charge in [0, 0.05) is 38.8 Å². The van der Waals surface area contributed by atoms with Crippen LogP contribution in [0.3, 0.4) is 0 Å². The molecule has 2 aliphatic rings. The van der Waals surface area contributed by atoms with E-state index in [-0.39, 0.29) is 12.4 Å². The maximum atomic E-state index is 13.0. The lowest BCUT2D eigenvalue weighted by Gasteiger charge is -2.22. The van der Waals surface area contributed by atoms with E-state index in [2.05, 4.69) is 16.7 Å². The Balaban J connectivity index is 1.51. The number of nitrogens with zero attached hydrogens (tertiary/aromatic N) is 2. The number of ether oxygens (including phenoxy) is 1. The van der Waals surface area contributed by atoms with Gasteiger partial charge in [-0.25, -0.2) is 0 Å². The van der Waals surface area contributed by atoms with Crippen LogP contribution in [0.5, 0.6) is 5.75 Å². The summed E-state index contributed by atoms with van der Waals surface area (Å²) in [5.74, 6) is 0.503. The lowest BCUT2D eigenvalue weighted by atomic mass is 10.1. The van der Waals surface area contributed by atoms with Gasteiger partial charge in [0.2, 0.25) is 0 Å². The van der Waals surface area contributed by atoms with Crippen molar-refractivity contribution in [3.05, 3.63) is 29.8 Å². The van der Waals surface area contributed by atoms with E-state index in [1.54, 1.807) is 6.07 Å². The second-order valence-electron chi connectivity index (χ2n) is 6.97. The summed E-state index contributed by atoms with van der Waals surface area (Å²) >= 11 is 0. The minimum atomic E-state index is -4.38. The Morgan fingerprint density at radius 2 is 1.88 bits per heavy atom. The van der Waals surface area contributed by atoms with Crippen molar-refractivity contribution in [2.75, 3.05) is 39.3 Å². The Bertz CT molecular complexity index is 545. The van der Waals surface area contributed by atoms with Crippen LogP contribution < -0.4 is 4.74 Å². The van der Waals surface area contributed by atoms with E-state index in [1.165, 1.54) is 25.0 Å². The molecule has 2 fully saturated rings. The van der Waals surface area contributed by atoms with Crippen LogP contribution in [0.4, 0.5) is 13.2 Å². The number of hydrogen-bond donors (Lipinski definition) is 0. The van der Waals surface area contributed by atoms with Crippen molar-refractivity contribution in [3.63, 3.8) is 0 Å². The largest absolute Gasteiger partial charge is 0.492 e. The molecule has 1 aromatic carbocycles. The topological polar surface area (TPSA) is 15.7 Å². The summed E-state index contributed by atoms with van der Waals surface area (Å²) in [5.41, 5.74) is -0.700. The number of hydrogen-bond acceptors (Lipinski definition) is 3. The quantitative estimate of drug-likeness (QED) is 0.815. The van der Waals surface area contributed by atoms with Gasteiger partial charge in [-0.15, -0.1) is 0 Å². The van der Waals surface area contributed by atoms with Gasteiger partial charge in [0.25, 0.3) is 0 Å². The maximum Gasteiger partial charge on any atom is 0.419 e. The van der Waals surface area contributed by atoms with E-state index < -0.39 is 11.7 Å². The standard InChI is InChI=1S/C18H25F3N2O/c1-14-12-22(8-9-23(13-14)15-6-7-15)10-11-24-17-5-3-2-4-16(17)18(19,20)21/h2-5,14-15H,6-13H2,1H3. The molecule has 1 atom stereocenters. The zero-order valence-corrected chi connectivity index (χ0v) is 14.1. The van der Waals surface area contributed by atoms with Gasteiger partial charge in [0.05, 0.1) is 5.56 Å². The Morgan fingerprint density at radius 1 is 1.12 bits per heavy atom. The normalized spacial score (nSPS) is 23.9. The first-order valence-electron chi connectivity index (χ1n) is 8.69. The molecule has 0 aromatic heterocycles. The summed E-state index contributed by atoms with van der Waals surface area (Å²) in [7, 11) is 0. The molecule has 3 rings (SSSR count). The summed E-state index contributed by atoms with van der Waals surface area (Å²) in [5, 5.41) is 0. The Kier molecular flexibility index (Phi) is 5.35. The van der Waals surface area contributed by atoms with Crippen LogP contribution in [-0.2, 0) is 6.18 Å². The first kappa shape index (κ1) is 17.5. The highest BCUT2D eigenvalue weighted by Crippen LogP contribution is 2.35. The van der Waals surface area contributed by atoms with Crippen molar-refractivity contribution in [2.45, 2.75) is 32.0 Å². The van der Waals surface area contributed by atoms with Crippen molar-refractivity contribution in [3.8, 4) is 5.75 Å². The van der Waals surface area contributed by atoms with Crippen LogP contribution in [-0.4, -0.2) is 55.2 Å². The third-order valence-electron chi connectivity index (χ3n) is 4.74. The van der Waals surface area contributed by atoms with Gasteiger partial charge in [0.1, 0.15) is 12.4 Å². The van der Waals surface area contributed by atoms with Gasteiger partial charge >= 0.3 is 6.18 Å². The van der Waals surface area contributed by atoms with E-state index in [0.717, 1.165) is 38.3 Å². The smallest absolute Gasteiger partial charge is 0.419 e. The number of para-hydroxylation sites is 1. The summed E-state index contributed by atoms with van der Waals surface area (Å²) in [6, 6.07) is 6.19. The van der Waals surface area contributed by atoms with Crippen LogP contribution in [0, 0.1) is 5.92 Å². The van der Waals surface area contributed by atoms with Crippen LogP contribution in [0.1, 0.15) is 25.3 Å². The molecule has 0 amide bonds. The van der Waals surface area contributed by atoms with E-state index in [0.29, 0.717) is 12.5 Å². The zero-order valence-electron chi connectivity index (χ0n) is 14.1. The van der Waals surface area contributed by atoms with E-state index in [4.69, 9.17) is 4.74 Å². The van der Waals surface area contributed by atoms with E-state index in [1.807, 2.05) is 0 Å². The molecular formula is C18H25F3N2O. The molecule has 1 aliphatic heterocycles. The highest BCUT2D eigenvalue weighted by Gasteiger charge is 2.34. The number of benzene rings is 1. The molecule has 1 heterocycles. The van der Waals surface area contributed by atoms with Crippen molar-refractivity contribution in [2.24, 2.45) is 5.92 Å². The molecule has 1 aliphatic carbocycles. The molecule has 0 N–H and O–H groups in total. The molecule has 3 nitrogen and oxygen atoms in total. The fourth-order valence-electron chi connectivity index (χ4n) is 3.44. The minimum Gasteiger partial charge on any atom is -0.492 e. The van der Waals surface area contributed by atoms with Gasteiger partial charge in [-0.3, -0.25) is 9.80 Å². The van der Waals surface area contributed by atoms with Gasteiger partial charge in [-0.1, -0.05) is 19.1 Å². The zero-order chi connectivity index (χ0) is 17.2. The average molecular weight is 342 g/mol. The molecule has 0 radical (unpaired) electrons. The fraction of sp³-hybridized carbons (Fsp3) is 0.667. The first-order valence-corrected chi connectivity index (χ1v) is 8.69. The Hall–Kier alpha value is -1.27. The third-order valence-corrected chi connectivity index (χ3v) is 4.74. The predicted octanol–water partition coefficient (Wildman–Crippen LogP) is 3.50. The summed E-state index contributed by atoms with van der Waals surface area (Å²) in [6.45, 7) is 7.30. The van der Waals surface area contributed by atoms with Crippen molar-refractivity contribution >= 4 is 0 Å². The SMILES string of the molecule is CC1CN(CCOc2ccccc2C(F)(F)F)CCN(C2CC2)C1. The molecule has 1 unspecified atom stereocenters. The second kappa shape index (κ2) is 7.31. The molecule has 0 bridgehead atoms. The minimum absolute atomic E-state index is 0.0764. The lowest BCUT2D eigenvalue weighted by Crippen LogP contribution is -2.34. The predicted molar refractivity (Wildman–Crippen MR) is 87.1 cm³/mol. The van der Waals surface area contributed by atoms with Gasteiger partial charge in [0.15, 0.2) is 0 Å². The number of alkyl halides is 3. The number of rotatable bonds is 5. The van der Waals surface area contributed by atoms with Gasteiger partial charge in [-0.2, -0.15) is 13.2 Å². The van der Waals surface area contributed by atoms with E-state index in [9.17, 15) is 13.2 Å². The van der Waals surface area contributed by atoms with Crippen molar-refractivity contribution < 1.29 is 17.9 Å². The van der Waals surface area contributed by atoms with Crippen molar-refractivity contribution in [1.29, 1.82) is 0 Å². The van der Waals surface area contributed by atoms with E-state index >= 15 is 0 Å². The Morgan fingerprint density at radius 3 is 2.58 bits per heavy atom. The summed E-state index contributed by atoms with van der Waals surface area (Å²) in [6.07, 6.45) is -1.76. The summed E-state index contributed by atoms with van der Waals surface area (Å²) in [4.78, 5) is 4.87.